The molecule has 3 aromatic heterocycles. The van der Waals surface area contributed by atoms with E-state index in [1.165, 1.54) is 16.2 Å². The van der Waals surface area contributed by atoms with Crippen LogP contribution in [-0.2, 0) is 9.59 Å². The van der Waals surface area contributed by atoms with E-state index in [9.17, 15) is 14.7 Å². The Balaban J connectivity index is 1.48. The number of aromatic nitrogens is 3. The number of hydrogen-bond acceptors (Lipinski definition) is 8. The zero-order valence-corrected chi connectivity index (χ0v) is 26.0. The van der Waals surface area contributed by atoms with E-state index < -0.39 is 17.7 Å². The number of aryl methyl sites for hydroxylation is 2. The van der Waals surface area contributed by atoms with Crippen LogP contribution in [0.1, 0.15) is 61.7 Å². The molecule has 6 rings (SSSR count). The molecule has 4 heterocycles. The molecule has 1 N–H and O–H groups in total. The van der Waals surface area contributed by atoms with Crippen molar-refractivity contribution in [2.75, 3.05) is 18.1 Å². The number of benzene rings is 2. The molecule has 0 aliphatic carbocycles. The first kappa shape index (κ1) is 29.4. The first-order valence-corrected chi connectivity index (χ1v) is 15.7. The lowest BCUT2D eigenvalue weighted by Gasteiger charge is -2.23. The summed E-state index contributed by atoms with van der Waals surface area (Å²) < 4.78 is 14.2. The van der Waals surface area contributed by atoms with Gasteiger partial charge in [-0.1, -0.05) is 49.3 Å². The zero-order valence-electron chi connectivity index (χ0n) is 25.2. The fourth-order valence-electron chi connectivity index (χ4n) is 5.56. The van der Waals surface area contributed by atoms with Crippen molar-refractivity contribution in [1.82, 2.24) is 14.4 Å². The van der Waals surface area contributed by atoms with E-state index in [0.717, 1.165) is 29.5 Å². The molecule has 1 aliphatic heterocycles. The summed E-state index contributed by atoms with van der Waals surface area (Å²) in [7, 11) is 0. The van der Waals surface area contributed by atoms with Gasteiger partial charge in [-0.05, 0) is 74.7 Å². The number of unbranched alkanes of at least 4 members (excludes halogenated alkanes) is 2. The lowest BCUT2D eigenvalue weighted by molar-refractivity contribution is -0.132. The number of ether oxygens (including phenoxy) is 2. The van der Waals surface area contributed by atoms with E-state index in [2.05, 4.69) is 6.92 Å². The highest BCUT2D eigenvalue weighted by Crippen LogP contribution is 2.45. The molecule has 10 heteroatoms. The summed E-state index contributed by atoms with van der Waals surface area (Å²) in [5.74, 6) is -0.498. The fourth-order valence-corrected chi connectivity index (χ4v) is 6.58. The van der Waals surface area contributed by atoms with E-state index in [-0.39, 0.29) is 17.0 Å². The van der Waals surface area contributed by atoms with Gasteiger partial charge in [0, 0.05) is 6.20 Å². The van der Waals surface area contributed by atoms with Crippen molar-refractivity contribution < 1.29 is 24.2 Å². The summed E-state index contributed by atoms with van der Waals surface area (Å²) in [6.07, 6.45) is 5.00. The molecule has 0 saturated carbocycles. The van der Waals surface area contributed by atoms with Crippen LogP contribution in [0.4, 0.5) is 5.13 Å². The third kappa shape index (κ3) is 5.19. The molecule has 0 spiro atoms. The second-order valence-electron chi connectivity index (χ2n) is 10.8. The van der Waals surface area contributed by atoms with Gasteiger partial charge in [-0.15, -0.1) is 0 Å². The minimum atomic E-state index is -0.929. The number of fused-ring (bicyclic) bond motifs is 2. The zero-order chi connectivity index (χ0) is 31.0. The van der Waals surface area contributed by atoms with Crippen LogP contribution in [0.25, 0.3) is 21.6 Å². The number of amides is 1. The average molecular weight is 611 g/mol. The second kappa shape index (κ2) is 12.1. The Kier molecular flexibility index (Phi) is 8.09. The monoisotopic (exact) mass is 610 g/mol. The van der Waals surface area contributed by atoms with Crippen LogP contribution in [0.5, 0.6) is 11.5 Å². The average Bonchev–Trinajstić information content (AvgIpc) is 3.67. The standard InChI is InChI=1S/C34H34N4O5S/c1-5-7-8-18-43-23-13-11-22(12-14-23)29-27(30(39)28-21(4)37-17-9-10-20(3)32(37)36-28)31(40)33(41)38(29)34-35-25-16-15-24(42-6-2)19-26(25)44-34/h9-17,19,29,39H,5-8,18H2,1-4H3. The van der Waals surface area contributed by atoms with Crippen molar-refractivity contribution >= 4 is 49.8 Å². The number of thiazole rings is 1. The molecule has 1 atom stereocenters. The smallest absolute Gasteiger partial charge is 0.301 e. The highest BCUT2D eigenvalue weighted by atomic mass is 32.1. The SMILES string of the molecule is CCCCCOc1ccc(C2C(=C(O)c3nc4c(C)cccn4c3C)C(=O)C(=O)N2c2nc3ccc(OCC)cc3s2)cc1. The molecule has 0 bridgehead atoms. The molecule has 5 aromatic rings. The van der Waals surface area contributed by atoms with Crippen LogP contribution in [-0.4, -0.2) is 44.4 Å². The van der Waals surface area contributed by atoms with Gasteiger partial charge in [-0.2, -0.15) is 0 Å². The van der Waals surface area contributed by atoms with Gasteiger partial charge in [-0.25, -0.2) is 9.97 Å². The van der Waals surface area contributed by atoms with E-state index in [1.807, 2.05) is 86.0 Å². The van der Waals surface area contributed by atoms with Gasteiger partial charge in [0.25, 0.3) is 5.78 Å². The first-order chi connectivity index (χ1) is 21.3. The Morgan fingerprint density at radius 1 is 0.977 bits per heavy atom. The lowest BCUT2D eigenvalue weighted by Crippen LogP contribution is -2.29. The first-order valence-electron chi connectivity index (χ1n) is 14.8. The minimum absolute atomic E-state index is 0.0370. The number of pyridine rings is 1. The van der Waals surface area contributed by atoms with Crippen LogP contribution in [0.15, 0.2) is 66.4 Å². The van der Waals surface area contributed by atoms with Crippen molar-refractivity contribution in [3.05, 3.63) is 88.9 Å². The maximum absolute atomic E-state index is 13.8. The van der Waals surface area contributed by atoms with Crippen molar-refractivity contribution in [3.63, 3.8) is 0 Å². The van der Waals surface area contributed by atoms with Crippen LogP contribution < -0.4 is 14.4 Å². The topological polar surface area (TPSA) is 106 Å². The van der Waals surface area contributed by atoms with Gasteiger partial charge < -0.3 is 19.0 Å². The largest absolute Gasteiger partial charge is 0.505 e. The highest BCUT2D eigenvalue weighted by Gasteiger charge is 2.48. The van der Waals surface area contributed by atoms with Crippen molar-refractivity contribution in [1.29, 1.82) is 0 Å². The summed E-state index contributed by atoms with van der Waals surface area (Å²) in [5.41, 5.74) is 3.77. The molecule has 1 aliphatic rings. The summed E-state index contributed by atoms with van der Waals surface area (Å²) in [4.78, 5) is 38.4. The maximum Gasteiger partial charge on any atom is 0.301 e. The van der Waals surface area contributed by atoms with Gasteiger partial charge in [0.05, 0.1) is 40.7 Å². The van der Waals surface area contributed by atoms with Gasteiger partial charge in [0.2, 0.25) is 0 Å². The Morgan fingerprint density at radius 2 is 1.75 bits per heavy atom. The number of Topliss-reactive ketones (excluding diaryl/α,β-unsaturated/α-hetero) is 1. The van der Waals surface area contributed by atoms with Crippen molar-refractivity contribution in [2.24, 2.45) is 0 Å². The Morgan fingerprint density at radius 3 is 2.48 bits per heavy atom. The molecular formula is C34H34N4O5S. The number of rotatable bonds is 10. The molecule has 1 amide bonds. The highest BCUT2D eigenvalue weighted by molar-refractivity contribution is 7.22. The summed E-state index contributed by atoms with van der Waals surface area (Å²) in [6, 6.07) is 15.7. The molecule has 226 valence electrons. The summed E-state index contributed by atoms with van der Waals surface area (Å²) in [5, 5.41) is 12.1. The molecule has 1 saturated heterocycles. The summed E-state index contributed by atoms with van der Waals surface area (Å²) >= 11 is 1.29. The predicted molar refractivity (Wildman–Crippen MR) is 172 cm³/mol. The third-order valence-corrected chi connectivity index (χ3v) is 8.85. The van der Waals surface area contributed by atoms with Crippen molar-refractivity contribution in [3.8, 4) is 11.5 Å². The van der Waals surface area contributed by atoms with Crippen LogP contribution in [0.2, 0.25) is 0 Å². The number of hydrogen-bond donors (Lipinski definition) is 1. The summed E-state index contributed by atoms with van der Waals surface area (Å²) in [6.45, 7) is 8.94. The van der Waals surface area contributed by atoms with Gasteiger partial charge in [-0.3, -0.25) is 14.5 Å². The second-order valence-corrected chi connectivity index (χ2v) is 11.8. The van der Waals surface area contributed by atoms with E-state index in [4.69, 9.17) is 19.4 Å². The van der Waals surface area contributed by atoms with Gasteiger partial charge >= 0.3 is 5.91 Å². The van der Waals surface area contributed by atoms with Crippen LogP contribution >= 0.6 is 11.3 Å². The molecule has 1 fully saturated rings. The fraction of sp³-hybridized carbons (Fsp3) is 0.294. The van der Waals surface area contributed by atoms with E-state index in [1.54, 1.807) is 0 Å². The normalized spacial score (nSPS) is 16.4. The number of aliphatic hydroxyl groups excluding tert-OH is 1. The predicted octanol–water partition coefficient (Wildman–Crippen LogP) is 7.15. The number of carbonyl (C=O) groups excluding carboxylic acids is 2. The number of carbonyl (C=O) groups is 2. The van der Waals surface area contributed by atoms with Gasteiger partial charge in [0.1, 0.15) is 22.8 Å². The number of nitrogens with zero attached hydrogens (tertiary/aromatic N) is 4. The Labute approximate surface area is 259 Å². The number of imidazole rings is 1. The lowest BCUT2D eigenvalue weighted by atomic mass is 9.96. The Bertz CT molecular complexity index is 1910. The minimum Gasteiger partial charge on any atom is -0.505 e. The molecule has 0 radical (unpaired) electrons. The quantitative estimate of drug-likeness (QED) is 0.0774. The van der Waals surface area contributed by atoms with Crippen LogP contribution in [0.3, 0.4) is 0 Å². The molecule has 44 heavy (non-hydrogen) atoms. The molecule has 2 aromatic carbocycles. The van der Waals surface area contributed by atoms with Gasteiger partial charge in [0.15, 0.2) is 10.9 Å². The van der Waals surface area contributed by atoms with Crippen LogP contribution in [0, 0.1) is 13.8 Å². The maximum atomic E-state index is 13.8. The molecule has 9 nitrogen and oxygen atoms in total. The third-order valence-electron chi connectivity index (χ3n) is 7.83. The molecular weight excluding hydrogens is 576 g/mol. The number of anilines is 1. The van der Waals surface area contributed by atoms with E-state index in [0.29, 0.717) is 52.3 Å². The number of ketones is 1. The van der Waals surface area contributed by atoms with E-state index >= 15 is 0 Å². The van der Waals surface area contributed by atoms with Crippen molar-refractivity contribution in [2.45, 2.75) is 53.0 Å². The Hall–Kier alpha value is -4.70. The number of aliphatic hydroxyl groups is 1. The molecule has 1 unspecified atom stereocenters.